The minimum atomic E-state index is -0.623. The Bertz CT molecular complexity index is 1300. The van der Waals surface area contributed by atoms with Crippen LogP contribution in [-0.2, 0) is 0 Å². The van der Waals surface area contributed by atoms with Crippen molar-refractivity contribution in [3.8, 4) is 34.8 Å². The van der Waals surface area contributed by atoms with Crippen molar-refractivity contribution in [2.75, 3.05) is 0 Å². The second kappa shape index (κ2) is 6.17. The van der Waals surface area contributed by atoms with Gasteiger partial charge in [0.1, 0.15) is 17.7 Å². The number of nitrogens with zero attached hydrogens (tertiary/aromatic N) is 4. The predicted molar refractivity (Wildman–Crippen MR) is 98.2 cm³/mol. The SMILES string of the molecule is N#Cc1ccc(-c2ccc(-n3ccc4[nH]c(=O)c(C#N)c(O)c43)cc2)nc1. The van der Waals surface area contributed by atoms with Gasteiger partial charge in [0.2, 0.25) is 0 Å². The number of aromatic hydroxyl groups is 1. The van der Waals surface area contributed by atoms with Gasteiger partial charge in [-0.3, -0.25) is 9.78 Å². The lowest BCUT2D eigenvalue weighted by atomic mass is 10.1. The van der Waals surface area contributed by atoms with Gasteiger partial charge in [-0.1, -0.05) is 12.1 Å². The number of nitriles is 2. The Kier molecular flexibility index (Phi) is 3.69. The number of benzene rings is 1. The van der Waals surface area contributed by atoms with Gasteiger partial charge in [0.05, 0.1) is 16.8 Å². The number of pyridine rings is 2. The van der Waals surface area contributed by atoms with E-state index in [0.29, 0.717) is 16.6 Å². The van der Waals surface area contributed by atoms with Gasteiger partial charge in [-0.05, 0) is 30.3 Å². The normalized spacial score (nSPS) is 10.4. The van der Waals surface area contributed by atoms with E-state index >= 15 is 0 Å². The van der Waals surface area contributed by atoms with Crippen LogP contribution in [0.5, 0.6) is 5.75 Å². The van der Waals surface area contributed by atoms with E-state index in [2.05, 4.69) is 9.97 Å². The number of nitrogens with one attached hydrogen (secondary N) is 1. The molecule has 0 spiro atoms. The molecule has 3 heterocycles. The van der Waals surface area contributed by atoms with Gasteiger partial charge in [0, 0.05) is 23.6 Å². The van der Waals surface area contributed by atoms with E-state index in [9.17, 15) is 9.90 Å². The Labute approximate surface area is 153 Å². The fourth-order valence-electron chi connectivity index (χ4n) is 2.93. The Hall–Kier alpha value is -4.36. The number of aromatic nitrogens is 3. The Morgan fingerprint density at radius 1 is 1.04 bits per heavy atom. The lowest BCUT2D eigenvalue weighted by molar-refractivity contribution is 0.476. The molecule has 0 aliphatic carbocycles. The molecule has 3 aromatic heterocycles. The van der Waals surface area contributed by atoms with Crippen molar-refractivity contribution in [2.45, 2.75) is 0 Å². The molecule has 0 bridgehead atoms. The van der Waals surface area contributed by atoms with E-state index in [1.165, 1.54) is 6.20 Å². The molecular weight excluding hydrogens is 342 g/mol. The predicted octanol–water partition coefficient (Wildman–Crippen LogP) is 2.83. The summed E-state index contributed by atoms with van der Waals surface area (Å²) in [6.07, 6.45) is 3.22. The molecule has 0 unspecified atom stereocenters. The third-order valence-corrected chi connectivity index (χ3v) is 4.27. The van der Waals surface area contributed by atoms with Crippen LogP contribution >= 0.6 is 0 Å². The van der Waals surface area contributed by atoms with Gasteiger partial charge in [0.25, 0.3) is 5.56 Å². The first-order valence-corrected chi connectivity index (χ1v) is 7.95. The van der Waals surface area contributed by atoms with Crippen molar-refractivity contribution >= 4 is 11.0 Å². The molecule has 4 aromatic rings. The van der Waals surface area contributed by atoms with Crippen LogP contribution in [0.15, 0.2) is 59.7 Å². The largest absolute Gasteiger partial charge is 0.504 e. The molecule has 27 heavy (non-hydrogen) atoms. The van der Waals surface area contributed by atoms with E-state index < -0.39 is 5.56 Å². The second-order valence-corrected chi connectivity index (χ2v) is 5.83. The van der Waals surface area contributed by atoms with Gasteiger partial charge in [-0.15, -0.1) is 0 Å². The molecule has 0 radical (unpaired) electrons. The van der Waals surface area contributed by atoms with Crippen LogP contribution in [0.4, 0.5) is 0 Å². The maximum absolute atomic E-state index is 11.8. The molecule has 7 nitrogen and oxygen atoms in total. The topological polar surface area (TPSA) is 118 Å². The number of aromatic amines is 1. The summed E-state index contributed by atoms with van der Waals surface area (Å²) in [4.78, 5) is 18.7. The van der Waals surface area contributed by atoms with Crippen LogP contribution in [0, 0.1) is 22.7 Å². The number of hydrogen-bond acceptors (Lipinski definition) is 5. The average molecular weight is 353 g/mol. The zero-order valence-corrected chi connectivity index (χ0v) is 13.8. The molecule has 2 N–H and O–H groups in total. The van der Waals surface area contributed by atoms with E-state index in [0.717, 1.165) is 16.9 Å². The zero-order chi connectivity index (χ0) is 19.0. The van der Waals surface area contributed by atoms with E-state index in [1.807, 2.05) is 30.3 Å². The van der Waals surface area contributed by atoms with Crippen molar-refractivity contribution in [3.05, 3.63) is 76.3 Å². The molecule has 0 amide bonds. The van der Waals surface area contributed by atoms with Crippen LogP contribution in [0.2, 0.25) is 0 Å². The Morgan fingerprint density at radius 3 is 2.44 bits per heavy atom. The van der Waals surface area contributed by atoms with E-state index in [-0.39, 0.29) is 11.3 Å². The highest BCUT2D eigenvalue weighted by Gasteiger charge is 2.15. The molecule has 0 atom stereocenters. The smallest absolute Gasteiger partial charge is 0.270 e. The molecule has 0 saturated heterocycles. The summed E-state index contributed by atoms with van der Waals surface area (Å²) in [5, 5.41) is 28.3. The highest BCUT2D eigenvalue weighted by atomic mass is 16.3. The van der Waals surface area contributed by atoms with Gasteiger partial charge in [-0.25, -0.2) is 0 Å². The quantitative estimate of drug-likeness (QED) is 0.574. The Morgan fingerprint density at radius 2 is 1.81 bits per heavy atom. The molecule has 0 saturated carbocycles. The van der Waals surface area contributed by atoms with Gasteiger partial charge < -0.3 is 14.7 Å². The highest BCUT2D eigenvalue weighted by molar-refractivity contribution is 5.86. The fraction of sp³-hybridized carbons (Fsp3) is 0. The summed E-state index contributed by atoms with van der Waals surface area (Å²) in [6.45, 7) is 0. The van der Waals surface area contributed by atoms with Crippen molar-refractivity contribution < 1.29 is 5.11 Å². The maximum Gasteiger partial charge on any atom is 0.270 e. The molecule has 0 aliphatic rings. The lowest BCUT2D eigenvalue weighted by Crippen LogP contribution is -2.10. The molecule has 4 rings (SSSR count). The first-order valence-electron chi connectivity index (χ1n) is 7.95. The van der Waals surface area contributed by atoms with Crippen LogP contribution in [-0.4, -0.2) is 19.6 Å². The van der Waals surface area contributed by atoms with Crippen molar-refractivity contribution in [3.63, 3.8) is 0 Å². The molecule has 7 heteroatoms. The second-order valence-electron chi connectivity index (χ2n) is 5.83. The highest BCUT2D eigenvalue weighted by Crippen LogP contribution is 2.29. The van der Waals surface area contributed by atoms with Crippen LogP contribution < -0.4 is 5.56 Å². The summed E-state index contributed by atoms with van der Waals surface area (Å²) in [6, 6.07) is 16.3. The third kappa shape index (κ3) is 2.60. The maximum atomic E-state index is 11.8. The monoisotopic (exact) mass is 353 g/mol. The van der Waals surface area contributed by atoms with Gasteiger partial charge >= 0.3 is 0 Å². The molecule has 0 fully saturated rings. The van der Waals surface area contributed by atoms with Crippen LogP contribution in [0.1, 0.15) is 11.1 Å². The first kappa shape index (κ1) is 16.1. The summed E-state index contributed by atoms with van der Waals surface area (Å²) in [5.74, 6) is -0.348. The number of H-pyrrole nitrogens is 1. The molecule has 1 aromatic carbocycles. The number of fused-ring (bicyclic) bond motifs is 1. The molecular formula is C20H11N5O2. The average Bonchev–Trinajstić information content (AvgIpc) is 3.12. The fourth-order valence-corrected chi connectivity index (χ4v) is 2.93. The standard InChI is InChI=1S/C20H11N5O2/c21-9-12-1-6-16(23-11-12)13-2-4-14(5-3-13)25-8-7-17-18(25)19(26)15(10-22)20(27)24-17/h1-8,11H,(H2,24,26,27). The molecule has 128 valence electrons. The number of rotatable bonds is 2. The van der Waals surface area contributed by atoms with Gasteiger partial charge in [0.15, 0.2) is 11.3 Å². The van der Waals surface area contributed by atoms with Crippen LogP contribution in [0.3, 0.4) is 0 Å². The van der Waals surface area contributed by atoms with Crippen molar-refractivity contribution in [1.82, 2.24) is 14.5 Å². The summed E-state index contributed by atoms with van der Waals surface area (Å²) >= 11 is 0. The summed E-state index contributed by atoms with van der Waals surface area (Å²) < 4.78 is 1.69. The molecule has 0 aliphatic heterocycles. The van der Waals surface area contributed by atoms with Crippen molar-refractivity contribution in [2.24, 2.45) is 0 Å². The van der Waals surface area contributed by atoms with Crippen molar-refractivity contribution in [1.29, 1.82) is 10.5 Å². The minimum Gasteiger partial charge on any atom is -0.504 e. The summed E-state index contributed by atoms with van der Waals surface area (Å²) in [5.41, 5.74) is 2.69. The Balaban J connectivity index is 1.80. The van der Waals surface area contributed by atoms with Gasteiger partial charge in [-0.2, -0.15) is 10.5 Å². The summed E-state index contributed by atoms with van der Waals surface area (Å²) in [7, 11) is 0. The van der Waals surface area contributed by atoms with E-state index in [4.69, 9.17) is 10.5 Å². The van der Waals surface area contributed by atoms with Crippen LogP contribution in [0.25, 0.3) is 28.0 Å². The number of hydrogen-bond donors (Lipinski definition) is 2. The first-order chi connectivity index (χ1) is 13.1. The lowest BCUT2D eigenvalue weighted by Gasteiger charge is -2.08. The minimum absolute atomic E-state index is 0.319. The zero-order valence-electron chi connectivity index (χ0n) is 13.8. The van der Waals surface area contributed by atoms with E-state index in [1.54, 1.807) is 35.0 Å². The third-order valence-electron chi connectivity index (χ3n) is 4.27.